The minimum absolute atomic E-state index is 0.685. The minimum atomic E-state index is 0.685. The fraction of sp³-hybridized carbons (Fsp3) is 0.357. The van der Waals surface area contributed by atoms with Crippen LogP contribution in [-0.2, 0) is 6.54 Å². The zero-order valence-electron chi connectivity index (χ0n) is 10.4. The van der Waals surface area contributed by atoms with Crippen LogP contribution in [-0.4, -0.2) is 16.3 Å². The average molecular weight is 229 g/mol. The van der Waals surface area contributed by atoms with E-state index in [1.807, 2.05) is 16.9 Å². The molecule has 0 aliphatic heterocycles. The maximum absolute atomic E-state index is 4.23. The molecule has 90 valence electrons. The van der Waals surface area contributed by atoms with E-state index in [0.29, 0.717) is 5.92 Å². The summed E-state index contributed by atoms with van der Waals surface area (Å²) in [5.74, 6) is 0.685. The number of benzene rings is 1. The standard InChI is InChI=1S/C14H19N3/c1-12(2)10-15-11-13-5-3-6-14(9-13)17-8-4-7-16-17/h3-9,12,15H,10-11H2,1-2H3. The Hall–Kier alpha value is -1.61. The van der Waals surface area contributed by atoms with Gasteiger partial charge in [0.25, 0.3) is 0 Å². The predicted molar refractivity (Wildman–Crippen MR) is 70.1 cm³/mol. The van der Waals surface area contributed by atoms with Crippen molar-refractivity contribution in [1.29, 1.82) is 0 Å². The van der Waals surface area contributed by atoms with Crippen LogP contribution in [0.15, 0.2) is 42.7 Å². The summed E-state index contributed by atoms with van der Waals surface area (Å²) in [5, 5.41) is 7.68. The van der Waals surface area contributed by atoms with Crippen LogP contribution in [0.2, 0.25) is 0 Å². The van der Waals surface area contributed by atoms with Crippen LogP contribution in [0.1, 0.15) is 19.4 Å². The molecule has 1 aromatic heterocycles. The second-order valence-electron chi connectivity index (χ2n) is 4.65. The molecular formula is C14H19N3. The van der Waals surface area contributed by atoms with Crippen molar-refractivity contribution in [2.75, 3.05) is 6.54 Å². The fourth-order valence-electron chi connectivity index (χ4n) is 1.74. The van der Waals surface area contributed by atoms with Crippen molar-refractivity contribution in [3.8, 4) is 5.69 Å². The van der Waals surface area contributed by atoms with Crippen LogP contribution in [0.5, 0.6) is 0 Å². The van der Waals surface area contributed by atoms with Gasteiger partial charge in [-0.2, -0.15) is 5.10 Å². The maximum Gasteiger partial charge on any atom is 0.0648 e. The van der Waals surface area contributed by atoms with E-state index in [9.17, 15) is 0 Å². The molecule has 2 rings (SSSR count). The normalized spacial score (nSPS) is 11.0. The Morgan fingerprint density at radius 2 is 2.18 bits per heavy atom. The molecule has 0 fully saturated rings. The quantitative estimate of drug-likeness (QED) is 0.854. The van der Waals surface area contributed by atoms with E-state index in [2.05, 4.69) is 48.5 Å². The smallest absolute Gasteiger partial charge is 0.0648 e. The van der Waals surface area contributed by atoms with Crippen LogP contribution < -0.4 is 5.32 Å². The molecular weight excluding hydrogens is 210 g/mol. The van der Waals surface area contributed by atoms with Crippen molar-refractivity contribution in [1.82, 2.24) is 15.1 Å². The average Bonchev–Trinajstić information content (AvgIpc) is 2.82. The maximum atomic E-state index is 4.23. The topological polar surface area (TPSA) is 29.9 Å². The highest BCUT2D eigenvalue weighted by atomic mass is 15.3. The van der Waals surface area contributed by atoms with Crippen molar-refractivity contribution in [2.45, 2.75) is 20.4 Å². The molecule has 0 aliphatic rings. The van der Waals surface area contributed by atoms with Gasteiger partial charge < -0.3 is 5.32 Å². The lowest BCUT2D eigenvalue weighted by Gasteiger charge is -2.08. The summed E-state index contributed by atoms with van der Waals surface area (Å²) in [7, 11) is 0. The van der Waals surface area contributed by atoms with Gasteiger partial charge in [0.15, 0.2) is 0 Å². The molecule has 3 heteroatoms. The molecule has 0 amide bonds. The highest BCUT2D eigenvalue weighted by Gasteiger charge is 1.99. The lowest BCUT2D eigenvalue weighted by atomic mass is 10.2. The van der Waals surface area contributed by atoms with Gasteiger partial charge in [0.1, 0.15) is 0 Å². The molecule has 1 heterocycles. The van der Waals surface area contributed by atoms with Gasteiger partial charge >= 0.3 is 0 Å². The summed E-state index contributed by atoms with van der Waals surface area (Å²) in [6.07, 6.45) is 3.75. The molecule has 0 saturated carbocycles. The molecule has 2 aromatic rings. The third kappa shape index (κ3) is 3.43. The summed E-state index contributed by atoms with van der Waals surface area (Å²) in [6.45, 7) is 6.39. The molecule has 1 aromatic carbocycles. The minimum Gasteiger partial charge on any atom is -0.312 e. The predicted octanol–water partition coefficient (Wildman–Crippen LogP) is 2.62. The number of hydrogen-bond donors (Lipinski definition) is 1. The largest absolute Gasteiger partial charge is 0.312 e. The third-order valence-corrected chi connectivity index (χ3v) is 2.56. The summed E-state index contributed by atoms with van der Waals surface area (Å²) in [6, 6.07) is 10.4. The van der Waals surface area contributed by atoms with Gasteiger partial charge in [-0.3, -0.25) is 0 Å². The SMILES string of the molecule is CC(C)CNCc1cccc(-n2cccn2)c1. The summed E-state index contributed by atoms with van der Waals surface area (Å²) >= 11 is 0. The number of hydrogen-bond acceptors (Lipinski definition) is 2. The Balaban J connectivity index is 2.02. The lowest BCUT2D eigenvalue weighted by molar-refractivity contribution is 0.552. The fourth-order valence-corrected chi connectivity index (χ4v) is 1.74. The zero-order chi connectivity index (χ0) is 12.1. The molecule has 0 aliphatic carbocycles. The van der Waals surface area contributed by atoms with Crippen molar-refractivity contribution < 1.29 is 0 Å². The van der Waals surface area contributed by atoms with Crippen molar-refractivity contribution in [3.05, 3.63) is 48.3 Å². The first-order valence-electron chi connectivity index (χ1n) is 6.05. The van der Waals surface area contributed by atoms with E-state index in [4.69, 9.17) is 0 Å². The van der Waals surface area contributed by atoms with Gasteiger partial charge in [-0.05, 0) is 36.2 Å². The van der Waals surface area contributed by atoms with E-state index in [-0.39, 0.29) is 0 Å². The first-order chi connectivity index (χ1) is 8.25. The van der Waals surface area contributed by atoms with Crippen molar-refractivity contribution >= 4 is 0 Å². The van der Waals surface area contributed by atoms with Gasteiger partial charge in [-0.25, -0.2) is 4.68 Å². The first kappa shape index (κ1) is 11.9. The van der Waals surface area contributed by atoms with Crippen LogP contribution in [0, 0.1) is 5.92 Å². The number of aromatic nitrogens is 2. The van der Waals surface area contributed by atoms with E-state index >= 15 is 0 Å². The van der Waals surface area contributed by atoms with Crippen molar-refractivity contribution in [3.63, 3.8) is 0 Å². The van der Waals surface area contributed by atoms with Gasteiger partial charge in [-0.1, -0.05) is 26.0 Å². The lowest BCUT2D eigenvalue weighted by Crippen LogP contribution is -2.19. The van der Waals surface area contributed by atoms with Gasteiger partial charge in [0.05, 0.1) is 5.69 Å². The molecule has 0 saturated heterocycles. The number of nitrogens with one attached hydrogen (secondary N) is 1. The van der Waals surface area contributed by atoms with Crippen molar-refractivity contribution in [2.24, 2.45) is 5.92 Å². The Morgan fingerprint density at radius 1 is 1.29 bits per heavy atom. The molecule has 0 spiro atoms. The molecule has 17 heavy (non-hydrogen) atoms. The first-order valence-corrected chi connectivity index (χ1v) is 6.05. The van der Waals surface area contributed by atoms with Crippen LogP contribution in [0.3, 0.4) is 0 Å². The molecule has 0 atom stereocenters. The highest BCUT2D eigenvalue weighted by molar-refractivity contribution is 5.34. The Morgan fingerprint density at radius 3 is 2.88 bits per heavy atom. The van der Waals surface area contributed by atoms with Gasteiger partial charge in [0, 0.05) is 18.9 Å². The Labute approximate surface area is 102 Å². The Bertz CT molecular complexity index is 446. The van der Waals surface area contributed by atoms with E-state index in [1.165, 1.54) is 5.56 Å². The summed E-state index contributed by atoms with van der Waals surface area (Å²) < 4.78 is 1.88. The zero-order valence-corrected chi connectivity index (χ0v) is 10.4. The monoisotopic (exact) mass is 229 g/mol. The van der Waals surface area contributed by atoms with Gasteiger partial charge in [-0.15, -0.1) is 0 Å². The van der Waals surface area contributed by atoms with E-state index < -0.39 is 0 Å². The van der Waals surface area contributed by atoms with E-state index in [0.717, 1.165) is 18.8 Å². The second kappa shape index (κ2) is 5.64. The molecule has 1 N–H and O–H groups in total. The van der Waals surface area contributed by atoms with Crippen LogP contribution in [0.4, 0.5) is 0 Å². The van der Waals surface area contributed by atoms with Gasteiger partial charge in [0.2, 0.25) is 0 Å². The third-order valence-electron chi connectivity index (χ3n) is 2.56. The van der Waals surface area contributed by atoms with E-state index in [1.54, 1.807) is 6.20 Å². The summed E-state index contributed by atoms with van der Waals surface area (Å²) in [5.41, 5.74) is 2.40. The van der Waals surface area contributed by atoms with Crippen LogP contribution >= 0.6 is 0 Å². The molecule has 3 nitrogen and oxygen atoms in total. The Kier molecular flexibility index (Phi) is 3.94. The molecule has 0 bridgehead atoms. The molecule has 0 radical (unpaired) electrons. The second-order valence-corrected chi connectivity index (χ2v) is 4.65. The molecule has 0 unspecified atom stereocenters. The van der Waals surface area contributed by atoms with Crippen LogP contribution in [0.25, 0.3) is 5.69 Å². The highest BCUT2D eigenvalue weighted by Crippen LogP contribution is 2.09. The summed E-state index contributed by atoms with van der Waals surface area (Å²) in [4.78, 5) is 0. The number of nitrogens with zero attached hydrogens (tertiary/aromatic N) is 2. The number of rotatable bonds is 5.